The van der Waals surface area contributed by atoms with Gasteiger partial charge in [-0.3, -0.25) is 0 Å². The molecule has 1 saturated heterocycles. The topological polar surface area (TPSA) is 39.1 Å². The number of benzene rings is 1. The maximum absolute atomic E-state index is 5.84. The summed E-state index contributed by atoms with van der Waals surface area (Å²) >= 11 is 0. The lowest BCUT2D eigenvalue weighted by molar-refractivity contribution is 0.0221. The predicted octanol–water partition coefficient (Wildman–Crippen LogP) is 2.35. The van der Waals surface area contributed by atoms with Crippen molar-refractivity contribution in [2.75, 3.05) is 19.7 Å². The lowest BCUT2D eigenvalue weighted by atomic mass is 10.1. The van der Waals surface area contributed by atoms with E-state index in [-0.39, 0.29) is 6.10 Å². The summed E-state index contributed by atoms with van der Waals surface area (Å²) < 4.78 is 8.08. The minimum absolute atomic E-state index is 0.115. The molecule has 0 bridgehead atoms. The standard InChI is InChI=1S/C16H21N3O/c1-13(9-14-5-3-2-4-6-14)19-12-18-10-15(19)16-11-17-7-8-20-16/h2-6,10,12-13,16-17H,7-9,11H2,1H3. The van der Waals surface area contributed by atoms with Crippen molar-refractivity contribution in [1.82, 2.24) is 14.9 Å². The number of aromatic nitrogens is 2. The molecule has 4 nitrogen and oxygen atoms in total. The summed E-state index contributed by atoms with van der Waals surface area (Å²) in [6.45, 7) is 4.80. The largest absolute Gasteiger partial charge is 0.369 e. The molecule has 1 aromatic heterocycles. The van der Waals surface area contributed by atoms with Crippen LogP contribution in [0.2, 0.25) is 0 Å². The quantitative estimate of drug-likeness (QED) is 0.927. The van der Waals surface area contributed by atoms with Gasteiger partial charge < -0.3 is 14.6 Å². The van der Waals surface area contributed by atoms with E-state index in [4.69, 9.17) is 4.74 Å². The van der Waals surface area contributed by atoms with Crippen LogP contribution < -0.4 is 5.32 Å². The van der Waals surface area contributed by atoms with E-state index in [0.29, 0.717) is 6.04 Å². The first kappa shape index (κ1) is 13.3. The average molecular weight is 271 g/mol. The van der Waals surface area contributed by atoms with Gasteiger partial charge in [0.2, 0.25) is 0 Å². The first-order valence-electron chi connectivity index (χ1n) is 7.22. The highest BCUT2D eigenvalue weighted by Gasteiger charge is 2.21. The van der Waals surface area contributed by atoms with Gasteiger partial charge in [-0.2, -0.15) is 0 Å². The van der Waals surface area contributed by atoms with Crippen LogP contribution in [-0.4, -0.2) is 29.2 Å². The molecular formula is C16H21N3O. The SMILES string of the molecule is CC(Cc1ccccc1)n1cncc1C1CNCCO1. The van der Waals surface area contributed by atoms with Gasteiger partial charge in [0.1, 0.15) is 6.10 Å². The molecular weight excluding hydrogens is 250 g/mol. The van der Waals surface area contributed by atoms with E-state index in [1.165, 1.54) is 11.3 Å². The number of nitrogens with one attached hydrogen (secondary N) is 1. The summed E-state index contributed by atoms with van der Waals surface area (Å²) in [5, 5.41) is 3.37. The summed E-state index contributed by atoms with van der Waals surface area (Å²) in [5.74, 6) is 0. The van der Waals surface area contributed by atoms with Crippen LogP contribution in [0.4, 0.5) is 0 Å². The molecule has 3 rings (SSSR count). The smallest absolute Gasteiger partial charge is 0.111 e. The van der Waals surface area contributed by atoms with Crippen LogP contribution in [0.15, 0.2) is 42.9 Å². The van der Waals surface area contributed by atoms with E-state index in [2.05, 4.69) is 52.1 Å². The van der Waals surface area contributed by atoms with Crippen molar-refractivity contribution < 1.29 is 4.74 Å². The Labute approximate surface area is 119 Å². The Morgan fingerprint density at radius 3 is 3.00 bits per heavy atom. The summed E-state index contributed by atoms with van der Waals surface area (Å²) in [7, 11) is 0. The lowest BCUT2D eigenvalue weighted by Crippen LogP contribution is -2.34. The second-order valence-electron chi connectivity index (χ2n) is 5.33. The molecule has 1 N–H and O–H groups in total. The molecule has 2 unspecified atom stereocenters. The van der Waals surface area contributed by atoms with Crippen molar-refractivity contribution in [1.29, 1.82) is 0 Å². The minimum Gasteiger partial charge on any atom is -0.369 e. The van der Waals surface area contributed by atoms with Crippen molar-refractivity contribution in [3.8, 4) is 0 Å². The van der Waals surface area contributed by atoms with Crippen LogP contribution in [0.3, 0.4) is 0 Å². The molecule has 0 saturated carbocycles. The fourth-order valence-electron chi connectivity index (χ4n) is 2.74. The number of hydrogen-bond acceptors (Lipinski definition) is 3. The van der Waals surface area contributed by atoms with E-state index in [0.717, 1.165) is 26.1 Å². The maximum atomic E-state index is 5.84. The van der Waals surface area contributed by atoms with Crippen LogP contribution >= 0.6 is 0 Å². The zero-order chi connectivity index (χ0) is 13.8. The summed E-state index contributed by atoms with van der Waals surface area (Å²) in [4.78, 5) is 4.32. The van der Waals surface area contributed by atoms with Gasteiger partial charge in [-0.05, 0) is 18.9 Å². The molecule has 2 atom stereocenters. The average Bonchev–Trinajstić information content (AvgIpc) is 2.99. The van der Waals surface area contributed by atoms with Gasteiger partial charge in [0, 0.05) is 19.1 Å². The third kappa shape index (κ3) is 2.92. The first-order chi connectivity index (χ1) is 9.84. The zero-order valence-corrected chi connectivity index (χ0v) is 11.8. The van der Waals surface area contributed by atoms with Crippen LogP contribution in [0.1, 0.15) is 30.3 Å². The molecule has 0 radical (unpaired) electrons. The molecule has 1 aromatic carbocycles. The normalized spacial score (nSPS) is 20.8. The molecule has 20 heavy (non-hydrogen) atoms. The Hall–Kier alpha value is -1.65. The van der Waals surface area contributed by atoms with E-state index in [1.807, 2.05) is 12.5 Å². The van der Waals surface area contributed by atoms with Gasteiger partial charge >= 0.3 is 0 Å². The minimum atomic E-state index is 0.115. The Balaban J connectivity index is 1.75. The van der Waals surface area contributed by atoms with Crippen LogP contribution in [0.25, 0.3) is 0 Å². The molecule has 1 aliphatic rings. The number of nitrogens with zero attached hydrogens (tertiary/aromatic N) is 2. The highest BCUT2D eigenvalue weighted by molar-refractivity contribution is 5.16. The molecule has 0 spiro atoms. The fraction of sp³-hybridized carbons (Fsp3) is 0.438. The Morgan fingerprint density at radius 2 is 2.25 bits per heavy atom. The van der Waals surface area contributed by atoms with Gasteiger partial charge in [-0.15, -0.1) is 0 Å². The molecule has 4 heteroatoms. The third-order valence-corrected chi connectivity index (χ3v) is 3.80. The van der Waals surface area contributed by atoms with E-state index in [1.54, 1.807) is 0 Å². The lowest BCUT2D eigenvalue weighted by Gasteiger charge is -2.26. The highest BCUT2D eigenvalue weighted by Crippen LogP contribution is 2.23. The van der Waals surface area contributed by atoms with E-state index >= 15 is 0 Å². The second-order valence-corrected chi connectivity index (χ2v) is 5.33. The highest BCUT2D eigenvalue weighted by atomic mass is 16.5. The van der Waals surface area contributed by atoms with Gasteiger partial charge in [-0.1, -0.05) is 30.3 Å². The van der Waals surface area contributed by atoms with Gasteiger partial charge in [0.25, 0.3) is 0 Å². The Morgan fingerprint density at radius 1 is 1.40 bits per heavy atom. The monoisotopic (exact) mass is 271 g/mol. The van der Waals surface area contributed by atoms with Crippen LogP contribution in [-0.2, 0) is 11.2 Å². The summed E-state index contributed by atoms with van der Waals surface area (Å²) in [6.07, 6.45) is 4.97. The first-order valence-corrected chi connectivity index (χ1v) is 7.22. The van der Waals surface area contributed by atoms with Crippen LogP contribution in [0.5, 0.6) is 0 Å². The van der Waals surface area contributed by atoms with Crippen molar-refractivity contribution in [3.63, 3.8) is 0 Å². The summed E-state index contributed by atoms with van der Waals surface area (Å²) in [5.41, 5.74) is 2.52. The number of morpholine rings is 1. The maximum Gasteiger partial charge on any atom is 0.111 e. The molecule has 106 valence electrons. The molecule has 0 amide bonds. The predicted molar refractivity (Wildman–Crippen MR) is 78.6 cm³/mol. The van der Waals surface area contributed by atoms with Crippen LogP contribution in [0, 0.1) is 0 Å². The molecule has 1 aliphatic heterocycles. The number of hydrogen-bond donors (Lipinski definition) is 1. The number of imidazole rings is 1. The Kier molecular flexibility index (Phi) is 4.14. The summed E-state index contributed by atoms with van der Waals surface area (Å²) in [6, 6.07) is 11.0. The zero-order valence-electron chi connectivity index (χ0n) is 11.8. The van der Waals surface area contributed by atoms with E-state index in [9.17, 15) is 0 Å². The van der Waals surface area contributed by atoms with Crippen molar-refractivity contribution in [2.45, 2.75) is 25.5 Å². The van der Waals surface area contributed by atoms with Crippen molar-refractivity contribution in [3.05, 3.63) is 54.1 Å². The van der Waals surface area contributed by atoms with Crippen molar-refractivity contribution in [2.24, 2.45) is 0 Å². The van der Waals surface area contributed by atoms with E-state index < -0.39 is 0 Å². The third-order valence-electron chi connectivity index (χ3n) is 3.80. The van der Waals surface area contributed by atoms with Gasteiger partial charge in [0.05, 0.1) is 24.8 Å². The molecule has 0 aliphatic carbocycles. The fourth-order valence-corrected chi connectivity index (χ4v) is 2.74. The number of rotatable bonds is 4. The molecule has 2 aromatic rings. The second kappa shape index (κ2) is 6.20. The van der Waals surface area contributed by atoms with Crippen molar-refractivity contribution >= 4 is 0 Å². The number of ether oxygens (including phenoxy) is 1. The van der Waals surface area contributed by atoms with Gasteiger partial charge in [0.15, 0.2) is 0 Å². The Bertz CT molecular complexity index is 532. The van der Waals surface area contributed by atoms with Gasteiger partial charge in [-0.25, -0.2) is 4.98 Å². The molecule has 1 fully saturated rings. The molecule has 2 heterocycles.